The number of amides is 1. The number of hydrogen-bond donors (Lipinski definition) is 2. The molecule has 0 saturated carbocycles. The van der Waals surface area contributed by atoms with Gasteiger partial charge < -0.3 is 15.0 Å². The molecule has 11 heteroatoms. The van der Waals surface area contributed by atoms with Gasteiger partial charge in [-0.1, -0.05) is 49.7 Å². The van der Waals surface area contributed by atoms with Gasteiger partial charge in [0.05, 0.1) is 10.2 Å². The number of benzene rings is 3. The van der Waals surface area contributed by atoms with E-state index in [1.165, 1.54) is 11.3 Å². The molecule has 1 heterocycles. The molecule has 3 aromatic carbocycles. The second-order valence-corrected chi connectivity index (χ2v) is 10.6. The molecule has 0 radical (unpaired) electrons. The molecule has 36 heavy (non-hydrogen) atoms. The lowest BCUT2D eigenvalue weighted by Crippen LogP contribution is -2.45. The molecule has 0 saturated heterocycles. The second-order valence-electron chi connectivity index (χ2n) is 8.28. The summed E-state index contributed by atoms with van der Waals surface area (Å²) in [5, 5.41) is 13.2. The molecule has 1 amide bonds. The fourth-order valence-corrected chi connectivity index (χ4v) is 5.55. The van der Waals surface area contributed by atoms with E-state index in [4.69, 9.17) is 11.6 Å². The van der Waals surface area contributed by atoms with Gasteiger partial charge in [-0.25, -0.2) is 9.78 Å². The zero-order valence-corrected chi connectivity index (χ0v) is 21.6. The van der Waals surface area contributed by atoms with Gasteiger partial charge in [0.15, 0.2) is 5.01 Å². The number of carbonyl (C=O) groups is 2. The minimum atomic E-state index is -2.76. The minimum absolute atomic E-state index is 0.259. The van der Waals surface area contributed by atoms with Crippen LogP contribution in [0.3, 0.4) is 0 Å². The number of anilines is 2. The predicted molar refractivity (Wildman–Crippen MR) is 142 cm³/mol. The molecular formula is C25H21ClN3O5S2-. The van der Waals surface area contributed by atoms with Crippen molar-refractivity contribution in [1.29, 1.82) is 0 Å². The molecule has 0 spiro atoms. The van der Waals surface area contributed by atoms with E-state index in [0.29, 0.717) is 21.2 Å². The summed E-state index contributed by atoms with van der Waals surface area (Å²) in [6.07, 6.45) is 0. The summed E-state index contributed by atoms with van der Waals surface area (Å²) in [6, 6.07) is 17.8. The van der Waals surface area contributed by atoms with Crippen molar-refractivity contribution in [2.45, 2.75) is 19.9 Å². The molecule has 2 N–H and O–H groups in total. The predicted octanol–water partition coefficient (Wildman–Crippen LogP) is 5.58. The first-order chi connectivity index (χ1) is 17.1. The Labute approximate surface area is 219 Å². The highest BCUT2D eigenvalue weighted by atomic mass is 35.5. The number of thiazole rings is 1. The van der Waals surface area contributed by atoms with Crippen LogP contribution in [0, 0.1) is 5.92 Å². The van der Waals surface area contributed by atoms with E-state index in [-0.39, 0.29) is 11.6 Å². The summed E-state index contributed by atoms with van der Waals surface area (Å²) < 4.78 is 25.4. The number of aromatic nitrogens is 1. The monoisotopic (exact) mass is 542 g/mol. The Hall–Kier alpha value is -3.31. The van der Waals surface area contributed by atoms with Crippen LogP contribution in [-0.2, 0) is 16.1 Å². The van der Waals surface area contributed by atoms with Crippen LogP contribution in [0.4, 0.5) is 11.4 Å². The number of carbonyl (C=O) groups excluding carboxylic acids is 1. The van der Waals surface area contributed by atoms with Crippen molar-refractivity contribution < 1.29 is 23.5 Å². The van der Waals surface area contributed by atoms with Crippen molar-refractivity contribution in [2.24, 2.45) is 5.92 Å². The highest BCUT2D eigenvalue weighted by Gasteiger charge is 2.30. The van der Waals surface area contributed by atoms with E-state index >= 15 is 0 Å². The molecule has 4 rings (SSSR count). The van der Waals surface area contributed by atoms with E-state index in [2.05, 4.69) is 10.3 Å². The fourth-order valence-electron chi connectivity index (χ4n) is 3.72. The van der Waals surface area contributed by atoms with Gasteiger partial charge in [0.25, 0.3) is 5.91 Å². The Morgan fingerprint density at radius 2 is 1.67 bits per heavy atom. The van der Waals surface area contributed by atoms with Gasteiger partial charge in [-0.05, 0) is 59.5 Å². The average molecular weight is 543 g/mol. The molecule has 4 aromatic rings. The van der Waals surface area contributed by atoms with Gasteiger partial charge >= 0.3 is 5.97 Å². The Bertz CT molecular complexity index is 1440. The third-order valence-electron chi connectivity index (χ3n) is 5.44. The number of nitrogens with zero attached hydrogens (tertiary/aromatic N) is 2. The van der Waals surface area contributed by atoms with Crippen molar-refractivity contribution in [3.05, 3.63) is 76.8 Å². The highest BCUT2D eigenvalue weighted by molar-refractivity contribution is 7.80. The minimum Gasteiger partial charge on any atom is -0.755 e. The maximum Gasteiger partial charge on any atom is 0.327 e. The Morgan fingerprint density at radius 3 is 2.22 bits per heavy atom. The van der Waals surface area contributed by atoms with Crippen LogP contribution < -0.4 is 9.62 Å². The zero-order valence-electron chi connectivity index (χ0n) is 19.2. The molecular weight excluding hydrogens is 522 g/mol. The molecule has 0 bridgehead atoms. The molecule has 186 valence electrons. The fraction of sp³-hybridized carbons (Fsp3) is 0.160. The number of carboxylic acids is 1. The van der Waals surface area contributed by atoms with E-state index in [9.17, 15) is 23.5 Å². The first-order valence-corrected chi connectivity index (χ1v) is 13.1. The average Bonchev–Trinajstić information content (AvgIpc) is 3.26. The molecule has 2 atom stereocenters. The number of rotatable bonds is 8. The molecule has 0 aliphatic rings. The summed E-state index contributed by atoms with van der Waals surface area (Å²) in [6.45, 7) is 3.31. The van der Waals surface area contributed by atoms with Crippen molar-refractivity contribution in [3.63, 3.8) is 0 Å². The van der Waals surface area contributed by atoms with Crippen LogP contribution >= 0.6 is 22.9 Å². The van der Waals surface area contributed by atoms with Crippen molar-refractivity contribution in [3.8, 4) is 11.1 Å². The molecule has 2 unspecified atom stereocenters. The Balaban J connectivity index is 1.49. The highest BCUT2D eigenvalue weighted by Crippen LogP contribution is 2.29. The van der Waals surface area contributed by atoms with Crippen LogP contribution in [0.5, 0.6) is 0 Å². The molecule has 0 aliphatic carbocycles. The number of nitrogens with one attached hydrogen (secondary N) is 1. The van der Waals surface area contributed by atoms with Gasteiger partial charge in [-0.2, -0.15) is 0 Å². The number of fused-ring (bicyclic) bond motifs is 1. The summed E-state index contributed by atoms with van der Waals surface area (Å²) in [5.41, 5.74) is 3.15. The summed E-state index contributed by atoms with van der Waals surface area (Å²) in [5.74, 6) is -1.97. The standard InChI is InChI=1S/C25H22ClN3O5S2/c1-14(2)22(25(31)32)29(36(33)34)19-10-5-16(6-11-19)15-3-8-18(9-4-15)27-23(30)24-28-20-13-17(26)7-12-21(20)35-24/h3-14,22H,1-2H3,(H,27,30)(H,31,32)(H,33,34)/p-1. The van der Waals surface area contributed by atoms with Crippen LogP contribution in [0.25, 0.3) is 21.3 Å². The lowest BCUT2D eigenvalue weighted by molar-refractivity contribution is -0.139. The van der Waals surface area contributed by atoms with Crippen LogP contribution in [0.2, 0.25) is 5.02 Å². The van der Waals surface area contributed by atoms with E-state index in [1.54, 1.807) is 62.4 Å². The second kappa shape index (κ2) is 10.8. The maximum atomic E-state index is 12.6. The zero-order chi connectivity index (χ0) is 26.0. The van der Waals surface area contributed by atoms with Crippen molar-refractivity contribution >= 4 is 67.7 Å². The molecule has 1 aromatic heterocycles. The van der Waals surface area contributed by atoms with Gasteiger partial charge in [-0.15, -0.1) is 11.3 Å². The van der Waals surface area contributed by atoms with Gasteiger partial charge in [0.1, 0.15) is 6.04 Å². The van der Waals surface area contributed by atoms with Crippen LogP contribution in [0.1, 0.15) is 23.6 Å². The summed E-state index contributed by atoms with van der Waals surface area (Å²) >= 11 is 4.51. The first kappa shape index (κ1) is 25.8. The Kier molecular flexibility index (Phi) is 7.70. The maximum absolute atomic E-state index is 12.6. The number of aliphatic carboxylic acids is 1. The Morgan fingerprint density at radius 1 is 1.06 bits per heavy atom. The number of hydrogen-bond acceptors (Lipinski definition) is 6. The van der Waals surface area contributed by atoms with E-state index in [0.717, 1.165) is 20.1 Å². The van der Waals surface area contributed by atoms with E-state index < -0.39 is 29.2 Å². The van der Waals surface area contributed by atoms with Crippen LogP contribution in [-0.4, -0.2) is 36.8 Å². The SMILES string of the molecule is CC(C)C(C(=O)O)N(c1ccc(-c2ccc(NC(=O)c3nc4cc(Cl)ccc4s3)cc2)cc1)S(=O)[O-]. The largest absolute Gasteiger partial charge is 0.755 e. The third kappa shape index (κ3) is 5.57. The number of halogens is 1. The lowest BCUT2D eigenvalue weighted by atomic mass is 10.0. The van der Waals surface area contributed by atoms with Crippen molar-refractivity contribution in [2.75, 3.05) is 9.62 Å². The lowest BCUT2D eigenvalue weighted by Gasteiger charge is -2.34. The third-order valence-corrected chi connectivity index (χ3v) is 7.47. The first-order valence-electron chi connectivity index (χ1n) is 10.8. The normalized spacial score (nSPS) is 12.9. The van der Waals surface area contributed by atoms with E-state index in [1.807, 2.05) is 18.2 Å². The smallest absolute Gasteiger partial charge is 0.327 e. The van der Waals surface area contributed by atoms with Gasteiger partial charge in [-0.3, -0.25) is 13.3 Å². The number of carboxylic acid groups (broad SMARTS) is 1. The molecule has 8 nitrogen and oxygen atoms in total. The van der Waals surface area contributed by atoms with Gasteiger partial charge in [0.2, 0.25) is 0 Å². The van der Waals surface area contributed by atoms with Crippen molar-refractivity contribution in [1.82, 2.24) is 4.98 Å². The van der Waals surface area contributed by atoms with Gasteiger partial charge in [0, 0.05) is 27.7 Å². The summed E-state index contributed by atoms with van der Waals surface area (Å²) in [4.78, 5) is 28.6. The molecule has 0 aliphatic heterocycles. The van der Waals surface area contributed by atoms with Crippen LogP contribution in [0.15, 0.2) is 66.7 Å². The topological polar surface area (TPSA) is 123 Å². The quantitative estimate of drug-likeness (QED) is 0.280. The molecule has 0 fully saturated rings. The summed E-state index contributed by atoms with van der Waals surface area (Å²) in [7, 11) is 0.